The van der Waals surface area contributed by atoms with E-state index in [1.165, 1.54) is 6.33 Å². The lowest BCUT2D eigenvalue weighted by atomic mass is 10.1. The van der Waals surface area contributed by atoms with Crippen molar-refractivity contribution < 1.29 is 14.3 Å². The first-order valence-electron chi connectivity index (χ1n) is 7.32. The summed E-state index contributed by atoms with van der Waals surface area (Å²) < 4.78 is 11.0. The number of aromatic amines is 1. The summed E-state index contributed by atoms with van der Waals surface area (Å²) in [5.74, 6) is 1.46. The Hall–Kier alpha value is -2.83. The van der Waals surface area contributed by atoms with Gasteiger partial charge in [0, 0.05) is 5.56 Å². The Morgan fingerprint density at radius 3 is 2.91 bits per heavy atom. The molecule has 2 aromatic rings. The molecule has 122 valence electrons. The monoisotopic (exact) mass is 316 g/mol. The minimum Gasteiger partial charge on any atom is -0.490 e. The maximum absolute atomic E-state index is 12.3. The molecular formula is C16H20N4O3. The van der Waals surface area contributed by atoms with E-state index in [2.05, 4.69) is 27.1 Å². The Morgan fingerprint density at radius 1 is 1.43 bits per heavy atom. The molecule has 1 amide bonds. The molecule has 0 saturated carbocycles. The number of hydrogen-bond donors (Lipinski definition) is 2. The molecular weight excluding hydrogens is 296 g/mol. The average Bonchev–Trinajstić information content (AvgIpc) is 3.08. The maximum atomic E-state index is 12.3. The molecule has 7 heteroatoms. The molecule has 0 saturated heterocycles. The van der Waals surface area contributed by atoms with Gasteiger partial charge in [-0.15, -0.1) is 0 Å². The smallest absolute Gasteiger partial charge is 0.252 e. The highest BCUT2D eigenvalue weighted by Gasteiger charge is 2.15. The normalized spacial score (nSPS) is 11.6. The Bertz CT molecular complexity index is 655. The second kappa shape index (κ2) is 7.98. The Balaban J connectivity index is 2.13. The van der Waals surface area contributed by atoms with Gasteiger partial charge in [0.1, 0.15) is 18.8 Å². The van der Waals surface area contributed by atoms with Gasteiger partial charge < -0.3 is 14.8 Å². The van der Waals surface area contributed by atoms with Gasteiger partial charge in [0.15, 0.2) is 11.5 Å². The zero-order valence-electron chi connectivity index (χ0n) is 13.2. The summed E-state index contributed by atoms with van der Waals surface area (Å²) in [6, 6.07) is 4.77. The molecule has 0 aliphatic rings. The van der Waals surface area contributed by atoms with Crippen LogP contribution in [0.4, 0.5) is 0 Å². The molecule has 2 rings (SSSR count). The summed E-state index contributed by atoms with van der Waals surface area (Å²) in [7, 11) is 0. The summed E-state index contributed by atoms with van der Waals surface area (Å²) in [5, 5.41) is 9.34. The van der Waals surface area contributed by atoms with Crippen LogP contribution in [0.25, 0.3) is 0 Å². The predicted molar refractivity (Wildman–Crippen MR) is 85.6 cm³/mol. The van der Waals surface area contributed by atoms with E-state index in [1.807, 2.05) is 13.8 Å². The quantitative estimate of drug-likeness (QED) is 0.729. The minimum atomic E-state index is -0.280. The highest BCUT2D eigenvalue weighted by molar-refractivity contribution is 5.95. The fourth-order valence-electron chi connectivity index (χ4n) is 1.96. The van der Waals surface area contributed by atoms with Crippen LogP contribution >= 0.6 is 0 Å². The third-order valence-corrected chi connectivity index (χ3v) is 3.05. The van der Waals surface area contributed by atoms with Crippen LogP contribution in [0.3, 0.4) is 0 Å². The Kier molecular flexibility index (Phi) is 5.74. The van der Waals surface area contributed by atoms with E-state index in [9.17, 15) is 4.79 Å². The van der Waals surface area contributed by atoms with Gasteiger partial charge in [-0.05, 0) is 32.0 Å². The van der Waals surface area contributed by atoms with Crippen LogP contribution in [0.15, 0.2) is 37.2 Å². The van der Waals surface area contributed by atoms with Crippen molar-refractivity contribution in [3.8, 4) is 11.5 Å². The highest BCUT2D eigenvalue weighted by atomic mass is 16.5. The summed E-state index contributed by atoms with van der Waals surface area (Å²) in [4.78, 5) is 16.4. The van der Waals surface area contributed by atoms with Crippen molar-refractivity contribution >= 4 is 5.91 Å². The number of ether oxygens (including phenoxy) is 2. The van der Waals surface area contributed by atoms with E-state index in [0.717, 1.165) is 0 Å². The van der Waals surface area contributed by atoms with Crippen molar-refractivity contribution in [1.82, 2.24) is 20.5 Å². The molecule has 0 aliphatic carbocycles. The Morgan fingerprint density at radius 2 is 2.26 bits per heavy atom. The number of hydrogen-bond acceptors (Lipinski definition) is 5. The van der Waals surface area contributed by atoms with Gasteiger partial charge in [-0.1, -0.05) is 12.7 Å². The molecule has 0 aliphatic heterocycles. The lowest BCUT2D eigenvalue weighted by molar-refractivity contribution is 0.0938. The molecule has 1 heterocycles. The van der Waals surface area contributed by atoms with E-state index in [1.54, 1.807) is 24.3 Å². The predicted octanol–water partition coefficient (Wildman–Crippen LogP) is 2.26. The number of rotatable bonds is 8. The molecule has 0 spiro atoms. The number of H-pyrrole nitrogens is 1. The third kappa shape index (κ3) is 4.32. The summed E-state index contributed by atoms with van der Waals surface area (Å²) in [5.41, 5.74) is 0.478. The molecule has 2 N–H and O–H groups in total. The highest BCUT2D eigenvalue weighted by Crippen LogP contribution is 2.28. The van der Waals surface area contributed by atoms with Crippen LogP contribution in [0.2, 0.25) is 0 Å². The second-order valence-corrected chi connectivity index (χ2v) is 4.76. The average molecular weight is 316 g/mol. The van der Waals surface area contributed by atoms with E-state index in [0.29, 0.717) is 36.1 Å². The number of nitrogens with one attached hydrogen (secondary N) is 2. The Labute approximate surface area is 134 Å². The van der Waals surface area contributed by atoms with Crippen LogP contribution in [0, 0.1) is 0 Å². The van der Waals surface area contributed by atoms with Gasteiger partial charge in [0.25, 0.3) is 5.91 Å². The molecule has 1 atom stereocenters. The van der Waals surface area contributed by atoms with E-state index in [4.69, 9.17) is 9.47 Å². The van der Waals surface area contributed by atoms with Crippen molar-refractivity contribution in [2.75, 3.05) is 13.2 Å². The molecule has 0 fully saturated rings. The number of nitrogens with zero attached hydrogens (tertiary/aromatic N) is 2. The molecule has 0 unspecified atom stereocenters. The molecule has 1 aromatic heterocycles. The van der Waals surface area contributed by atoms with Gasteiger partial charge in [-0.3, -0.25) is 9.89 Å². The number of carbonyl (C=O) groups is 1. The number of aromatic nitrogens is 3. The molecule has 1 aromatic carbocycles. The van der Waals surface area contributed by atoms with Crippen molar-refractivity contribution in [1.29, 1.82) is 0 Å². The van der Waals surface area contributed by atoms with Gasteiger partial charge in [-0.25, -0.2) is 4.98 Å². The van der Waals surface area contributed by atoms with Crippen LogP contribution < -0.4 is 14.8 Å². The first-order valence-corrected chi connectivity index (χ1v) is 7.32. The van der Waals surface area contributed by atoms with Crippen LogP contribution in [-0.2, 0) is 0 Å². The number of carbonyl (C=O) groups excluding carboxylic acids is 1. The number of benzene rings is 1. The SMILES string of the molecule is C=CCOc1ccc(C(=O)N[C@@H](C)c2ncn[nH]2)cc1OCC. The lowest BCUT2D eigenvalue weighted by Crippen LogP contribution is -2.27. The summed E-state index contributed by atoms with van der Waals surface area (Å²) in [6.45, 7) is 8.15. The third-order valence-electron chi connectivity index (χ3n) is 3.05. The maximum Gasteiger partial charge on any atom is 0.252 e. The molecule has 0 bridgehead atoms. The van der Waals surface area contributed by atoms with Crippen LogP contribution in [-0.4, -0.2) is 34.3 Å². The van der Waals surface area contributed by atoms with Crippen molar-refractivity contribution in [2.45, 2.75) is 19.9 Å². The largest absolute Gasteiger partial charge is 0.490 e. The van der Waals surface area contributed by atoms with E-state index < -0.39 is 0 Å². The lowest BCUT2D eigenvalue weighted by Gasteiger charge is -2.14. The van der Waals surface area contributed by atoms with Crippen LogP contribution in [0.1, 0.15) is 36.1 Å². The summed E-state index contributed by atoms with van der Waals surface area (Å²) >= 11 is 0. The molecule has 0 radical (unpaired) electrons. The first-order chi connectivity index (χ1) is 11.2. The second-order valence-electron chi connectivity index (χ2n) is 4.76. The van der Waals surface area contributed by atoms with Gasteiger partial charge in [0.05, 0.1) is 12.6 Å². The van der Waals surface area contributed by atoms with Crippen LogP contribution in [0.5, 0.6) is 11.5 Å². The number of amides is 1. The molecule has 7 nitrogen and oxygen atoms in total. The van der Waals surface area contributed by atoms with Gasteiger partial charge in [0.2, 0.25) is 0 Å². The van der Waals surface area contributed by atoms with E-state index in [-0.39, 0.29) is 11.9 Å². The fourth-order valence-corrected chi connectivity index (χ4v) is 1.96. The van der Waals surface area contributed by atoms with Gasteiger partial charge in [-0.2, -0.15) is 5.10 Å². The topological polar surface area (TPSA) is 89.1 Å². The van der Waals surface area contributed by atoms with E-state index >= 15 is 0 Å². The summed E-state index contributed by atoms with van der Waals surface area (Å²) in [6.07, 6.45) is 3.05. The first kappa shape index (κ1) is 16.5. The minimum absolute atomic E-state index is 0.231. The van der Waals surface area contributed by atoms with Crippen molar-refractivity contribution in [3.05, 3.63) is 48.6 Å². The van der Waals surface area contributed by atoms with Crippen molar-refractivity contribution in [3.63, 3.8) is 0 Å². The fraction of sp³-hybridized carbons (Fsp3) is 0.312. The van der Waals surface area contributed by atoms with Crippen molar-refractivity contribution in [2.24, 2.45) is 0 Å². The molecule has 23 heavy (non-hydrogen) atoms. The standard InChI is InChI=1S/C16H20N4O3/c1-4-8-23-13-7-6-12(9-14(13)22-5-2)16(21)19-11(3)15-17-10-18-20-15/h4,6-7,9-11H,1,5,8H2,2-3H3,(H,19,21)(H,17,18,20)/t11-/m0/s1. The zero-order chi connectivity index (χ0) is 16.7. The zero-order valence-corrected chi connectivity index (χ0v) is 13.2. The van der Waals surface area contributed by atoms with Gasteiger partial charge >= 0.3 is 0 Å².